The monoisotopic (exact) mass is 262 g/mol. The Morgan fingerprint density at radius 2 is 1.80 bits per heavy atom. The minimum absolute atomic E-state index is 0.208. The molecular weight excluding hydrogens is 244 g/mol. The molecule has 1 atom stereocenters. The molecule has 4 rings (SSSR count). The van der Waals surface area contributed by atoms with E-state index >= 15 is 0 Å². The van der Waals surface area contributed by atoms with Gasteiger partial charge in [0.05, 0.1) is 12.2 Å². The van der Waals surface area contributed by atoms with Crippen LogP contribution in [0.15, 0.2) is 48.5 Å². The number of ether oxygens (including phenoxy) is 1. The third-order valence-corrected chi connectivity index (χ3v) is 4.20. The lowest BCUT2D eigenvalue weighted by atomic mass is 9.98. The van der Waals surface area contributed by atoms with Gasteiger partial charge in [-0.1, -0.05) is 42.5 Å². The lowest BCUT2D eigenvalue weighted by Gasteiger charge is -2.16. The first-order valence-electron chi connectivity index (χ1n) is 7.33. The average molecular weight is 262 g/mol. The highest BCUT2D eigenvalue weighted by Crippen LogP contribution is 2.42. The van der Waals surface area contributed by atoms with Crippen molar-refractivity contribution in [2.45, 2.75) is 32.5 Å². The molecular formula is C19H18O. The van der Waals surface area contributed by atoms with Crippen molar-refractivity contribution < 1.29 is 4.74 Å². The highest BCUT2D eigenvalue weighted by molar-refractivity contribution is 6.05. The Bertz CT molecular complexity index is 801. The Hall–Kier alpha value is -1.86. The lowest BCUT2D eigenvalue weighted by Crippen LogP contribution is -2.09. The van der Waals surface area contributed by atoms with Crippen LogP contribution in [-0.4, -0.2) is 6.10 Å². The number of benzene rings is 3. The second kappa shape index (κ2) is 4.32. The van der Waals surface area contributed by atoms with Crippen LogP contribution in [0.5, 0.6) is 0 Å². The highest BCUT2D eigenvalue weighted by atomic mass is 16.5. The predicted molar refractivity (Wildman–Crippen MR) is 84.1 cm³/mol. The fraction of sp³-hybridized carbons (Fsp3) is 0.263. The van der Waals surface area contributed by atoms with Gasteiger partial charge in [-0.2, -0.15) is 0 Å². The van der Waals surface area contributed by atoms with E-state index in [0.717, 1.165) is 6.42 Å². The summed E-state index contributed by atoms with van der Waals surface area (Å²) < 4.78 is 6.13. The molecule has 1 nitrogen and oxygen atoms in total. The van der Waals surface area contributed by atoms with Gasteiger partial charge in [-0.25, -0.2) is 0 Å². The molecule has 0 heterocycles. The van der Waals surface area contributed by atoms with Crippen molar-refractivity contribution in [3.63, 3.8) is 0 Å². The molecule has 0 spiro atoms. The summed E-state index contributed by atoms with van der Waals surface area (Å²) in [5.74, 6) is 0. The first-order chi connectivity index (χ1) is 9.74. The summed E-state index contributed by atoms with van der Waals surface area (Å²) in [6.45, 7) is 4.22. The van der Waals surface area contributed by atoms with E-state index in [1.165, 1.54) is 32.7 Å². The van der Waals surface area contributed by atoms with Crippen LogP contribution in [0, 0.1) is 0 Å². The van der Waals surface area contributed by atoms with Crippen molar-refractivity contribution in [1.82, 2.24) is 0 Å². The summed E-state index contributed by atoms with van der Waals surface area (Å²) in [7, 11) is 0. The number of fused-ring (bicyclic) bond motifs is 2. The van der Waals surface area contributed by atoms with Gasteiger partial charge in [0, 0.05) is 6.42 Å². The smallest absolute Gasteiger partial charge is 0.0875 e. The van der Waals surface area contributed by atoms with Gasteiger partial charge in [0.15, 0.2) is 0 Å². The molecule has 1 heteroatoms. The van der Waals surface area contributed by atoms with Crippen LogP contribution in [0.4, 0.5) is 0 Å². The number of hydrogen-bond donors (Lipinski definition) is 0. The zero-order valence-corrected chi connectivity index (χ0v) is 11.9. The molecule has 0 saturated heterocycles. The molecule has 20 heavy (non-hydrogen) atoms. The van der Waals surface area contributed by atoms with Crippen molar-refractivity contribution in [1.29, 1.82) is 0 Å². The average Bonchev–Trinajstić information content (AvgIpc) is 2.79. The zero-order valence-electron chi connectivity index (χ0n) is 11.9. The molecule has 1 unspecified atom stereocenters. The third-order valence-electron chi connectivity index (χ3n) is 4.20. The molecule has 100 valence electrons. The van der Waals surface area contributed by atoms with E-state index < -0.39 is 0 Å². The van der Waals surface area contributed by atoms with Crippen LogP contribution in [0.1, 0.15) is 31.1 Å². The molecule has 1 aliphatic rings. The van der Waals surface area contributed by atoms with E-state index in [1.807, 2.05) is 0 Å². The summed E-state index contributed by atoms with van der Waals surface area (Å²) in [4.78, 5) is 0. The van der Waals surface area contributed by atoms with Crippen molar-refractivity contribution in [2.75, 3.05) is 0 Å². The standard InChI is InChI=1S/C19H18O/c1-12(2)20-18-11-17-15-8-4-3-6-13(15)10-14-7-5-9-16(18)19(14)17/h3-10,12,18H,11H2,1-2H3. The topological polar surface area (TPSA) is 9.23 Å². The Morgan fingerprint density at radius 1 is 1.00 bits per heavy atom. The van der Waals surface area contributed by atoms with Crippen molar-refractivity contribution in [3.8, 4) is 0 Å². The fourth-order valence-corrected chi connectivity index (χ4v) is 3.48. The normalized spacial score (nSPS) is 17.4. The summed E-state index contributed by atoms with van der Waals surface area (Å²) in [5.41, 5.74) is 2.82. The fourth-order valence-electron chi connectivity index (χ4n) is 3.48. The van der Waals surface area contributed by atoms with E-state index in [4.69, 9.17) is 4.74 Å². The summed E-state index contributed by atoms with van der Waals surface area (Å²) in [5, 5.41) is 5.46. The van der Waals surface area contributed by atoms with Crippen LogP contribution in [-0.2, 0) is 11.2 Å². The largest absolute Gasteiger partial charge is 0.371 e. The SMILES string of the molecule is CC(C)OC1Cc2c3ccccc3cc3cccc1c23. The van der Waals surface area contributed by atoms with Gasteiger partial charge in [0.1, 0.15) is 0 Å². The molecule has 0 fully saturated rings. The predicted octanol–water partition coefficient (Wildman–Crippen LogP) is 5.02. The Labute approximate surface area is 119 Å². The van der Waals surface area contributed by atoms with Crippen LogP contribution >= 0.6 is 0 Å². The van der Waals surface area contributed by atoms with E-state index in [1.54, 1.807) is 0 Å². The van der Waals surface area contributed by atoms with Gasteiger partial charge in [0.2, 0.25) is 0 Å². The maximum absolute atomic E-state index is 6.13. The molecule has 0 saturated carbocycles. The maximum Gasteiger partial charge on any atom is 0.0875 e. The van der Waals surface area contributed by atoms with Gasteiger partial charge >= 0.3 is 0 Å². The minimum atomic E-state index is 0.208. The first-order valence-corrected chi connectivity index (χ1v) is 7.33. The van der Waals surface area contributed by atoms with Gasteiger partial charge in [-0.15, -0.1) is 0 Å². The second-order valence-corrected chi connectivity index (χ2v) is 5.90. The zero-order chi connectivity index (χ0) is 13.7. The van der Waals surface area contributed by atoms with Crippen LogP contribution in [0.25, 0.3) is 21.5 Å². The molecule has 0 amide bonds. The van der Waals surface area contributed by atoms with Gasteiger partial charge in [0.25, 0.3) is 0 Å². The summed E-state index contributed by atoms with van der Waals surface area (Å²) in [6, 6.07) is 17.6. The highest BCUT2D eigenvalue weighted by Gasteiger charge is 2.27. The molecule has 0 aromatic heterocycles. The first kappa shape index (κ1) is 11.9. The van der Waals surface area contributed by atoms with Crippen LogP contribution in [0.2, 0.25) is 0 Å². The molecule has 1 aliphatic carbocycles. The quantitative estimate of drug-likeness (QED) is 0.589. The van der Waals surface area contributed by atoms with E-state index in [2.05, 4.69) is 62.4 Å². The molecule has 0 radical (unpaired) electrons. The van der Waals surface area contributed by atoms with Crippen LogP contribution < -0.4 is 0 Å². The maximum atomic E-state index is 6.13. The van der Waals surface area contributed by atoms with Gasteiger partial charge < -0.3 is 4.74 Å². The summed E-state index contributed by atoms with van der Waals surface area (Å²) in [6.07, 6.45) is 1.46. The van der Waals surface area contributed by atoms with Crippen molar-refractivity contribution >= 4 is 21.5 Å². The van der Waals surface area contributed by atoms with Crippen LogP contribution in [0.3, 0.4) is 0 Å². The van der Waals surface area contributed by atoms with E-state index in [-0.39, 0.29) is 12.2 Å². The number of hydrogen-bond acceptors (Lipinski definition) is 1. The summed E-state index contributed by atoms with van der Waals surface area (Å²) >= 11 is 0. The molecule has 0 bridgehead atoms. The Balaban J connectivity index is 2.03. The van der Waals surface area contributed by atoms with Crippen molar-refractivity contribution in [3.05, 3.63) is 59.7 Å². The van der Waals surface area contributed by atoms with E-state index in [9.17, 15) is 0 Å². The van der Waals surface area contributed by atoms with E-state index in [0.29, 0.717) is 0 Å². The molecule has 3 aromatic carbocycles. The third kappa shape index (κ3) is 1.66. The molecule has 0 aliphatic heterocycles. The molecule has 3 aromatic rings. The van der Waals surface area contributed by atoms with Crippen molar-refractivity contribution in [2.24, 2.45) is 0 Å². The Morgan fingerprint density at radius 3 is 2.65 bits per heavy atom. The number of rotatable bonds is 2. The lowest BCUT2D eigenvalue weighted by molar-refractivity contribution is 0.0106. The van der Waals surface area contributed by atoms with Gasteiger partial charge in [-0.05, 0) is 52.6 Å². The Kier molecular flexibility index (Phi) is 2.58. The second-order valence-electron chi connectivity index (χ2n) is 5.90. The van der Waals surface area contributed by atoms with Gasteiger partial charge in [-0.3, -0.25) is 0 Å². The minimum Gasteiger partial charge on any atom is -0.371 e. The molecule has 0 N–H and O–H groups in total.